The van der Waals surface area contributed by atoms with Crippen molar-refractivity contribution in [1.82, 2.24) is 15.1 Å². The molecule has 128 valence electrons. The Morgan fingerprint density at radius 2 is 2.00 bits per heavy atom. The third-order valence-corrected chi connectivity index (χ3v) is 5.33. The van der Waals surface area contributed by atoms with Crippen LogP contribution >= 0.6 is 0 Å². The molecule has 1 amide bonds. The van der Waals surface area contributed by atoms with Gasteiger partial charge in [0.1, 0.15) is 0 Å². The van der Waals surface area contributed by atoms with E-state index < -0.39 is 10.0 Å². The second-order valence-electron chi connectivity index (χ2n) is 6.06. The topological polar surface area (TPSA) is 107 Å². The number of benzene rings is 1. The van der Waals surface area contributed by atoms with Crippen LogP contribution in [0.1, 0.15) is 46.2 Å². The predicted octanol–water partition coefficient (Wildman–Crippen LogP) is 1.18. The van der Waals surface area contributed by atoms with Crippen LogP contribution in [-0.2, 0) is 23.5 Å². The third-order valence-electron chi connectivity index (χ3n) is 4.40. The molecule has 24 heavy (non-hydrogen) atoms. The van der Waals surface area contributed by atoms with E-state index in [9.17, 15) is 13.2 Å². The van der Waals surface area contributed by atoms with Gasteiger partial charge in [-0.05, 0) is 50.5 Å². The van der Waals surface area contributed by atoms with Gasteiger partial charge in [-0.3, -0.25) is 9.48 Å². The number of hydrogen-bond acceptors (Lipinski definition) is 4. The summed E-state index contributed by atoms with van der Waals surface area (Å²) in [6.45, 7) is 1.95. The molecule has 0 bridgehead atoms. The largest absolute Gasteiger partial charge is 0.345 e. The van der Waals surface area contributed by atoms with Gasteiger partial charge in [-0.1, -0.05) is 0 Å². The lowest BCUT2D eigenvalue weighted by atomic mass is 9.91. The summed E-state index contributed by atoms with van der Waals surface area (Å²) in [6, 6.07) is 5.54. The van der Waals surface area contributed by atoms with Gasteiger partial charge < -0.3 is 5.32 Å². The van der Waals surface area contributed by atoms with E-state index in [1.54, 1.807) is 0 Å². The van der Waals surface area contributed by atoms with E-state index in [-0.39, 0.29) is 16.8 Å². The molecule has 3 rings (SSSR count). The molecule has 1 aromatic carbocycles. The highest BCUT2D eigenvalue weighted by atomic mass is 32.2. The first-order valence-corrected chi connectivity index (χ1v) is 9.28. The van der Waals surface area contributed by atoms with Crippen molar-refractivity contribution in [2.75, 3.05) is 0 Å². The van der Waals surface area contributed by atoms with Crippen molar-refractivity contribution >= 4 is 15.9 Å². The maximum Gasteiger partial charge on any atom is 0.251 e. The first-order chi connectivity index (χ1) is 11.3. The van der Waals surface area contributed by atoms with Crippen molar-refractivity contribution < 1.29 is 13.2 Å². The summed E-state index contributed by atoms with van der Waals surface area (Å²) in [7, 11) is -1.84. The van der Waals surface area contributed by atoms with Crippen molar-refractivity contribution in [2.45, 2.75) is 37.1 Å². The number of primary sulfonamides is 1. The fourth-order valence-corrected chi connectivity index (χ4v) is 3.79. The van der Waals surface area contributed by atoms with Gasteiger partial charge in [0, 0.05) is 23.9 Å². The quantitative estimate of drug-likeness (QED) is 0.868. The Labute approximate surface area is 140 Å². The summed E-state index contributed by atoms with van der Waals surface area (Å²) in [6.07, 6.45) is 2.81. The number of nitrogens with one attached hydrogen (secondary N) is 1. The minimum absolute atomic E-state index is 0.0119. The van der Waals surface area contributed by atoms with Crippen molar-refractivity contribution in [3.8, 4) is 0 Å². The number of carbonyl (C=O) groups is 1. The Bertz CT molecular complexity index is 885. The zero-order chi connectivity index (χ0) is 17.5. The number of aromatic nitrogens is 2. The molecular weight excluding hydrogens is 328 g/mol. The first-order valence-electron chi connectivity index (χ1n) is 7.73. The number of sulfonamides is 1. The number of hydrogen-bond donors (Lipinski definition) is 2. The van der Waals surface area contributed by atoms with Crippen LogP contribution < -0.4 is 10.5 Å². The van der Waals surface area contributed by atoms with Gasteiger partial charge in [0.2, 0.25) is 10.0 Å². The van der Waals surface area contributed by atoms with E-state index in [0.717, 1.165) is 36.2 Å². The number of nitrogens with two attached hydrogens (primary N) is 1. The first kappa shape index (κ1) is 16.7. The second-order valence-corrected chi connectivity index (χ2v) is 7.62. The Kier molecular flexibility index (Phi) is 4.18. The second kappa shape index (κ2) is 6.03. The summed E-state index contributed by atoms with van der Waals surface area (Å²) in [5, 5.41) is 12.5. The van der Waals surface area contributed by atoms with Gasteiger partial charge >= 0.3 is 0 Å². The summed E-state index contributed by atoms with van der Waals surface area (Å²) < 4.78 is 24.4. The van der Waals surface area contributed by atoms with Gasteiger partial charge in [-0.15, -0.1) is 0 Å². The molecule has 3 N–H and O–H groups in total. The van der Waals surface area contributed by atoms with Crippen LogP contribution in [0.4, 0.5) is 0 Å². The highest BCUT2D eigenvalue weighted by molar-refractivity contribution is 7.89. The molecule has 1 atom stereocenters. The molecule has 1 aromatic heterocycles. The molecule has 1 aliphatic carbocycles. The van der Waals surface area contributed by atoms with Crippen molar-refractivity contribution in [2.24, 2.45) is 12.2 Å². The molecule has 1 heterocycles. The molecule has 7 nitrogen and oxygen atoms in total. The van der Waals surface area contributed by atoms with Crippen molar-refractivity contribution in [1.29, 1.82) is 0 Å². The van der Waals surface area contributed by atoms with Crippen LogP contribution in [0.25, 0.3) is 0 Å². The lowest BCUT2D eigenvalue weighted by molar-refractivity contribution is 0.0932. The minimum Gasteiger partial charge on any atom is -0.345 e. The number of fused-ring (bicyclic) bond motifs is 1. The fourth-order valence-electron chi connectivity index (χ4n) is 3.27. The summed E-state index contributed by atoms with van der Waals surface area (Å²) in [5.74, 6) is -0.239. The molecule has 0 fully saturated rings. The van der Waals surface area contributed by atoms with E-state index in [1.165, 1.54) is 24.3 Å². The molecular formula is C16H20N4O3S. The number of amides is 1. The highest BCUT2D eigenvalue weighted by Crippen LogP contribution is 2.32. The smallest absolute Gasteiger partial charge is 0.251 e. The lowest BCUT2D eigenvalue weighted by Gasteiger charge is -2.24. The molecule has 0 saturated carbocycles. The average Bonchev–Trinajstić information content (AvgIpc) is 2.82. The average molecular weight is 348 g/mol. The van der Waals surface area contributed by atoms with Gasteiger partial charge in [0.05, 0.1) is 16.6 Å². The van der Waals surface area contributed by atoms with Crippen LogP contribution in [0, 0.1) is 6.92 Å². The molecule has 1 unspecified atom stereocenters. The van der Waals surface area contributed by atoms with Gasteiger partial charge in [0.25, 0.3) is 5.91 Å². The highest BCUT2D eigenvalue weighted by Gasteiger charge is 2.27. The predicted molar refractivity (Wildman–Crippen MR) is 88.9 cm³/mol. The van der Waals surface area contributed by atoms with Crippen LogP contribution in [0.5, 0.6) is 0 Å². The maximum atomic E-state index is 12.5. The number of rotatable bonds is 3. The molecule has 0 spiro atoms. The van der Waals surface area contributed by atoms with Crippen molar-refractivity contribution in [3.63, 3.8) is 0 Å². The summed E-state index contributed by atoms with van der Waals surface area (Å²) in [5.41, 5.74) is 3.59. The monoisotopic (exact) mass is 348 g/mol. The Hall–Kier alpha value is -2.19. The molecule has 1 aliphatic rings. The van der Waals surface area contributed by atoms with Crippen LogP contribution in [0.3, 0.4) is 0 Å². The number of aryl methyl sites for hydroxylation is 2. The van der Waals surface area contributed by atoms with E-state index in [0.29, 0.717) is 5.56 Å². The summed E-state index contributed by atoms with van der Waals surface area (Å²) >= 11 is 0. The summed E-state index contributed by atoms with van der Waals surface area (Å²) in [4.78, 5) is 12.5. The zero-order valence-electron chi connectivity index (χ0n) is 13.6. The Morgan fingerprint density at radius 1 is 1.33 bits per heavy atom. The van der Waals surface area contributed by atoms with Crippen LogP contribution in [0.2, 0.25) is 0 Å². The molecule has 2 aromatic rings. The molecule has 0 radical (unpaired) electrons. The van der Waals surface area contributed by atoms with Gasteiger partial charge in [0.15, 0.2) is 0 Å². The van der Waals surface area contributed by atoms with Crippen LogP contribution in [-0.4, -0.2) is 24.1 Å². The van der Waals surface area contributed by atoms with Gasteiger partial charge in [-0.25, -0.2) is 13.6 Å². The van der Waals surface area contributed by atoms with E-state index in [4.69, 9.17) is 5.14 Å². The number of carbonyl (C=O) groups excluding carboxylic acids is 1. The SMILES string of the molecule is Cc1nn(C)c2c1C(NC(=O)c1ccc(S(N)(=O)=O)cc1)CCC2. The maximum absolute atomic E-state index is 12.5. The number of nitrogens with zero attached hydrogens (tertiary/aromatic N) is 2. The Morgan fingerprint density at radius 3 is 2.62 bits per heavy atom. The van der Waals surface area contributed by atoms with E-state index >= 15 is 0 Å². The fraction of sp³-hybridized carbons (Fsp3) is 0.375. The van der Waals surface area contributed by atoms with E-state index in [1.807, 2.05) is 18.7 Å². The van der Waals surface area contributed by atoms with Crippen molar-refractivity contribution in [3.05, 3.63) is 46.8 Å². The van der Waals surface area contributed by atoms with E-state index in [2.05, 4.69) is 10.4 Å². The lowest BCUT2D eigenvalue weighted by Crippen LogP contribution is -2.31. The third kappa shape index (κ3) is 3.07. The van der Waals surface area contributed by atoms with Gasteiger partial charge in [-0.2, -0.15) is 5.10 Å². The molecule has 0 aliphatic heterocycles. The molecule has 8 heteroatoms. The zero-order valence-corrected chi connectivity index (χ0v) is 14.4. The standard InChI is InChI=1S/C16H20N4O3S/c1-10-15-13(4-3-5-14(15)20(2)19-10)18-16(21)11-6-8-12(9-7-11)24(17,22)23/h6-9,13H,3-5H2,1-2H3,(H,18,21)(H2,17,22,23). The Balaban J connectivity index is 1.81. The van der Waals surface area contributed by atoms with Crippen LogP contribution in [0.15, 0.2) is 29.2 Å². The minimum atomic E-state index is -3.76. The normalized spacial score (nSPS) is 17.4. The molecule has 0 saturated heterocycles.